The Morgan fingerprint density at radius 1 is 1.15 bits per heavy atom. The fraction of sp³-hybridized carbons (Fsp3) is 0.792. The molecule has 0 unspecified atom stereocenters. The summed E-state index contributed by atoms with van der Waals surface area (Å²) in [6.45, 7) is 8.44. The smallest absolute Gasteiger partial charge is 0.307 e. The number of rotatable bonds is 1. The van der Waals surface area contributed by atoms with Crippen molar-refractivity contribution in [2.75, 3.05) is 0 Å². The molecule has 3 heteroatoms. The second kappa shape index (κ2) is 6.76. The first-order valence-corrected chi connectivity index (χ1v) is 11.0. The van der Waals surface area contributed by atoms with Gasteiger partial charge >= 0.3 is 5.97 Å². The summed E-state index contributed by atoms with van der Waals surface area (Å²) in [5.41, 5.74) is 3.56. The van der Waals surface area contributed by atoms with Crippen LogP contribution in [0, 0.1) is 28.6 Å². The summed E-state index contributed by atoms with van der Waals surface area (Å²) in [4.78, 5) is 11.4. The van der Waals surface area contributed by atoms with Crippen molar-refractivity contribution in [1.29, 1.82) is 0 Å². The van der Waals surface area contributed by atoms with E-state index in [0.29, 0.717) is 10.8 Å². The summed E-state index contributed by atoms with van der Waals surface area (Å²) in [6.07, 6.45) is 12.6. The van der Waals surface area contributed by atoms with Gasteiger partial charge in [0.15, 0.2) is 0 Å². The lowest BCUT2D eigenvalue weighted by molar-refractivity contribution is -0.137. The first-order valence-electron chi connectivity index (χ1n) is 11.0. The summed E-state index contributed by atoms with van der Waals surface area (Å²) in [7, 11) is 0. The molecule has 4 aliphatic carbocycles. The van der Waals surface area contributed by atoms with Gasteiger partial charge < -0.3 is 9.84 Å². The summed E-state index contributed by atoms with van der Waals surface area (Å²) < 4.78 is 5.43. The van der Waals surface area contributed by atoms with Gasteiger partial charge in [-0.2, -0.15) is 0 Å². The van der Waals surface area contributed by atoms with Crippen LogP contribution in [-0.2, 0) is 9.53 Å². The van der Waals surface area contributed by atoms with E-state index in [9.17, 15) is 9.90 Å². The summed E-state index contributed by atoms with van der Waals surface area (Å²) in [5, 5.41) is 10.1. The Labute approximate surface area is 164 Å². The number of aliphatic hydroxyl groups is 1. The third-order valence-corrected chi connectivity index (χ3v) is 8.77. The molecule has 3 fully saturated rings. The zero-order valence-corrected chi connectivity index (χ0v) is 17.5. The average Bonchev–Trinajstić information content (AvgIpc) is 2.60. The van der Waals surface area contributed by atoms with E-state index in [1.807, 2.05) is 6.92 Å². The molecule has 0 radical (unpaired) electrons. The van der Waals surface area contributed by atoms with Crippen LogP contribution in [0.4, 0.5) is 0 Å². The Morgan fingerprint density at radius 3 is 2.67 bits per heavy atom. The molecule has 4 rings (SSSR count). The number of ether oxygens (including phenoxy) is 1. The van der Waals surface area contributed by atoms with Crippen molar-refractivity contribution in [3.63, 3.8) is 0 Å². The molecule has 3 nitrogen and oxygen atoms in total. The van der Waals surface area contributed by atoms with Crippen LogP contribution in [0.1, 0.15) is 85.5 Å². The average molecular weight is 373 g/mol. The number of carbonyl (C=O) groups excluding carboxylic acids is 1. The monoisotopic (exact) mass is 372 g/mol. The van der Waals surface area contributed by atoms with Gasteiger partial charge in [0.1, 0.15) is 5.76 Å². The van der Waals surface area contributed by atoms with Gasteiger partial charge in [0, 0.05) is 6.92 Å². The number of carbonyl (C=O) groups is 1. The Balaban J connectivity index is 1.58. The Morgan fingerprint density at radius 2 is 1.93 bits per heavy atom. The zero-order valence-electron chi connectivity index (χ0n) is 17.5. The van der Waals surface area contributed by atoms with Crippen LogP contribution in [-0.4, -0.2) is 17.2 Å². The highest BCUT2D eigenvalue weighted by atomic mass is 16.5. The third kappa shape index (κ3) is 3.20. The molecular formula is C24H36O3. The number of allylic oxidation sites excluding steroid dienone is 3. The predicted octanol–water partition coefficient (Wildman–Crippen LogP) is 5.54. The van der Waals surface area contributed by atoms with Gasteiger partial charge in [0.25, 0.3) is 0 Å². The number of hydrogen-bond acceptors (Lipinski definition) is 3. The minimum atomic E-state index is -0.201. The molecule has 6 atom stereocenters. The lowest BCUT2D eigenvalue weighted by Gasteiger charge is -2.60. The molecule has 150 valence electrons. The summed E-state index contributed by atoms with van der Waals surface area (Å²) in [5.74, 6) is 2.98. The summed E-state index contributed by atoms with van der Waals surface area (Å²) in [6, 6.07) is 0. The van der Waals surface area contributed by atoms with Gasteiger partial charge in [-0.05, 0) is 98.9 Å². The number of fused-ring (bicyclic) bond motifs is 5. The predicted molar refractivity (Wildman–Crippen MR) is 107 cm³/mol. The van der Waals surface area contributed by atoms with Gasteiger partial charge in [-0.1, -0.05) is 25.5 Å². The highest BCUT2D eigenvalue weighted by Gasteiger charge is 2.55. The lowest BCUT2D eigenvalue weighted by atomic mass is 9.45. The van der Waals surface area contributed by atoms with Gasteiger partial charge in [-0.25, -0.2) is 0 Å². The van der Waals surface area contributed by atoms with Crippen molar-refractivity contribution in [3.05, 3.63) is 23.0 Å². The second-order valence-corrected chi connectivity index (χ2v) is 10.3. The van der Waals surface area contributed by atoms with Crippen LogP contribution >= 0.6 is 0 Å². The van der Waals surface area contributed by atoms with Gasteiger partial charge in [0.2, 0.25) is 0 Å². The van der Waals surface area contributed by atoms with E-state index >= 15 is 0 Å². The molecule has 0 aromatic heterocycles. The molecule has 27 heavy (non-hydrogen) atoms. The molecule has 1 N–H and O–H groups in total. The van der Waals surface area contributed by atoms with E-state index in [1.165, 1.54) is 38.2 Å². The van der Waals surface area contributed by atoms with E-state index in [4.69, 9.17) is 4.74 Å². The highest BCUT2D eigenvalue weighted by molar-refractivity contribution is 5.67. The van der Waals surface area contributed by atoms with E-state index in [-0.39, 0.29) is 12.1 Å². The molecule has 0 saturated heterocycles. The fourth-order valence-electron chi connectivity index (χ4n) is 7.31. The van der Waals surface area contributed by atoms with Crippen molar-refractivity contribution in [2.24, 2.45) is 28.6 Å². The minimum Gasteiger partial charge on any atom is -0.432 e. The Hall–Kier alpha value is -1.09. The van der Waals surface area contributed by atoms with E-state index < -0.39 is 0 Å². The molecule has 0 aromatic carbocycles. The molecule has 0 bridgehead atoms. The Bertz CT molecular complexity index is 690. The molecule has 3 saturated carbocycles. The topological polar surface area (TPSA) is 46.5 Å². The number of hydrogen-bond donors (Lipinski definition) is 1. The van der Waals surface area contributed by atoms with Crippen LogP contribution in [0.15, 0.2) is 23.0 Å². The van der Waals surface area contributed by atoms with E-state index in [2.05, 4.69) is 19.9 Å². The van der Waals surface area contributed by atoms with Crippen molar-refractivity contribution in [3.8, 4) is 0 Å². The van der Waals surface area contributed by atoms with Gasteiger partial charge in [-0.3, -0.25) is 4.79 Å². The normalized spacial score (nSPS) is 45.7. The molecule has 0 heterocycles. The van der Waals surface area contributed by atoms with Crippen LogP contribution in [0.25, 0.3) is 0 Å². The zero-order chi connectivity index (χ0) is 19.4. The second-order valence-electron chi connectivity index (χ2n) is 10.3. The van der Waals surface area contributed by atoms with Crippen molar-refractivity contribution < 1.29 is 14.6 Å². The molecule has 0 aliphatic heterocycles. The molecule has 0 spiro atoms. The molecule has 4 aliphatic rings. The van der Waals surface area contributed by atoms with E-state index in [1.54, 1.807) is 5.57 Å². The largest absolute Gasteiger partial charge is 0.432 e. The maximum atomic E-state index is 11.4. The summed E-state index contributed by atoms with van der Waals surface area (Å²) >= 11 is 0. The van der Waals surface area contributed by atoms with Crippen molar-refractivity contribution in [2.45, 2.75) is 91.6 Å². The minimum absolute atomic E-state index is 0.124. The Kier molecular flexibility index (Phi) is 4.81. The molecule has 0 aromatic rings. The highest BCUT2D eigenvalue weighted by Crippen LogP contribution is 2.64. The van der Waals surface area contributed by atoms with Crippen molar-refractivity contribution in [1.82, 2.24) is 0 Å². The molecule has 0 amide bonds. The van der Waals surface area contributed by atoms with Crippen molar-refractivity contribution >= 4 is 5.97 Å². The van der Waals surface area contributed by atoms with Crippen LogP contribution in [0.3, 0.4) is 0 Å². The quantitative estimate of drug-likeness (QED) is 0.373. The van der Waals surface area contributed by atoms with Crippen LogP contribution in [0.2, 0.25) is 0 Å². The van der Waals surface area contributed by atoms with Gasteiger partial charge in [-0.15, -0.1) is 0 Å². The lowest BCUT2D eigenvalue weighted by Crippen LogP contribution is -2.51. The SMILES string of the molecule is CC(=O)O/C(C)=C1/CC[C@H]2[C@@H]3CC=C4C[C@@H](O)CC[C@]4(C)[C@H]3CC[C@]2(C)C1. The van der Waals surface area contributed by atoms with Gasteiger partial charge in [0.05, 0.1) is 6.10 Å². The van der Waals surface area contributed by atoms with Crippen LogP contribution in [0.5, 0.6) is 0 Å². The number of aliphatic hydroxyl groups excluding tert-OH is 1. The first-order chi connectivity index (χ1) is 12.7. The first kappa shape index (κ1) is 19.2. The molecular weight excluding hydrogens is 336 g/mol. The maximum absolute atomic E-state index is 11.4. The fourth-order valence-corrected chi connectivity index (χ4v) is 7.31. The number of esters is 1. The third-order valence-electron chi connectivity index (χ3n) is 8.77. The maximum Gasteiger partial charge on any atom is 0.307 e. The van der Waals surface area contributed by atoms with Crippen LogP contribution < -0.4 is 0 Å². The van der Waals surface area contributed by atoms with E-state index in [0.717, 1.165) is 55.6 Å². The standard InChI is InChI=1S/C24H36O3/c1-15(27-16(2)25)17-5-8-21-20-7-6-18-13-19(26)9-12-24(18,4)22(20)10-11-23(21,3)14-17/h6,19-22,26H,5,7-14H2,1-4H3/b17-15-/t19-,20-,21-,22-,23+,24-/m0/s1.